The topological polar surface area (TPSA) is 51.0 Å². The van der Waals surface area contributed by atoms with E-state index in [1.807, 2.05) is 0 Å². The Hall–Kier alpha value is -0.900. The van der Waals surface area contributed by atoms with Gasteiger partial charge in [0, 0.05) is 12.3 Å². The molecule has 1 aliphatic carbocycles. The van der Waals surface area contributed by atoms with E-state index in [-0.39, 0.29) is 0 Å². The number of hydrogen-bond donors (Lipinski definition) is 1. The van der Waals surface area contributed by atoms with Gasteiger partial charge < -0.3 is 9.84 Å². The fourth-order valence-electron chi connectivity index (χ4n) is 3.93. The second-order valence-electron chi connectivity index (χ2n) is 6.92. The largest absolute Gasteiger partial charge is 0.339 e. The van der Waals surface area contributed by atoms with E-state index in [9.17, 15) is 0 Å². The van der Waals surface area contributed by atoms with E-state index in [0.29, 0.717) is 5.92 Å². The number of rotatable bonds is 5. The molecule has 4 heteroatoms. The summed E-state index contributed by atoms with van der Waals surface area (Å²) in [5.41, 5.74) is 0. The maximum atomic E-state index is 5.50. The zero-order chi connectivity index (χ0) is 14.5. The van der Waals surface area contributed by atoms with E-state index in [0.717, 1.165) is 30.0 Å². The summed E-state index contributed by atoms with van der Waals surface area (Å²) in [6.45, 7) is 4.63. The summed E-state index contributed by atoms with van der Waals surface area (Å²) < 4.78 is 5.50. The highest BCUT2D eigenvalue weighted by molar-refractivity contribution is 4.98. The lowest BCUT2D eigenvalue weighted by atomic mass is 9.80. The maximum absolute atomic E-state index is 5.50. The molecule has 2 heterocycles. The van der Waals surface area contributed by atoms with Gasteiger partial charge in [-0.3, -0.25) is 0 Å². The molecular formula is C17H29N3O. The lowest BCUT2D eigenvalue weighted by Crippen LogP contribution is -2.27. The molecule has 118 valence electrons. The van der Waals surface area contributed by atoms with Crippen molar-refractivity contribution in [3.8, 4) is 0 Å². The van der Waals surface area contributed by atoms with Gasteiger partial charge in [0.2, 0.25) is 5.89 Å². The molecule has 1 aliphatic heterocycles. The van der Waals surface area contributed by atoms with E-state index < -0.39 is 0 Å². The van der Waals surface area contributed by atoms with Crippen LogP contribution < -0.4 is 5.32 Å². The lowest BCUT2D eigenvalue weighted by molar-refractivity contribution is 0.295. The van der Waals surface area contributed by atoms with Gasteiger partial charge in [-0.05, 0) is 57.0 Å². The van der Waals surface area contributed by atoms with Gasteiger partial charge in [0.05, 0.1) is 0 Å². The second-order valence-corrected chi connectivity index (χ2v) is 6.92. The van der Waals surface area contributed by atoms with Crippen LogP contribution in [0, 0.1) is 11.8 Å². The van der Waals surface area contributed by atoms with Gasteiger partial charge in [0.15, 0.2) is 5.82 Å². The third-order valence-electron chi connectivity index (χ3n) is 5.43. The molecule has 2 aliphatic rings. The van der Waals surface area contributed by atoms with Crippen LogP contribution in [0.2, 0.25) is 0 Å². The van der Waals surface area contributed by atoms with Crippen LogP contribution in [-0.2, 0) is 6.42 Å². The molecule has 0 radical (unpaired) electrons. The van der Waals surface area contributed by atoms with Crippen LogP contribution in [0.1, 0.15) is 75.9 Å². The summed E-state index contributed by atoms with van der Waals surface area (Å²) in [4.78, 5) is 4.69. The van der Waals surface area contributed by atoms with E-state index in [1.165, 1.54) is 64.5 Å². The van der Waals surface area contributed by atoms with Crippen LogP contribution in [0.15, 0.2) is 4.52 Å². The Morgan fingerprint density at radius 2 is 2.00 bits per heavy atom. The zero-order valence-electron chi connectivity index (χ0n) is 13.3. The van der Waals surface area contributed by atoms with Crippen LogP contribution in [0.25, 0.3) is 0 Å². The molecule has 1 N–H and O–H groups in total. The standard InChI is InChI=1S/C17H29N3O/c1-2-13-4-3-5-15(12-13)17-19-16(21-20-17)7-6-14-8-10-18-11-9-14/h13-15,18H,2-12H2,1H3. The number of nitrogens with zero attached hydrogens (tertiary/aromatic N) is 2. The van der Waals surface area contributed by atoms with Crippen LogP contribution in [0.3, 0.4) is 0 Å². The Kier molecular flexibility index (Phi) is 5.28. The molecule has 0 amide bonds. The van der Waals surface area contributed by atoms with E-state index in [2.05, 4.69) is 17.4 Å². The first kappa shape index (κ1) is 15.0. The second kappa shape index (κ2) is 7.39. The summed E-state index contributed by atoms with van der Waals surface area (Å²) in [5, 5.41) is 7.69. The minimum Gasteiger partial charge on any atom is -0.339 e. The number of aryl methyl sites for hydroxylation is 1. The minimum absolute atomic E-state index is 0.542. The average Bonchev–Trinajstić information content (AvgIpc) is 3.03. The highest BCUT2D eigenvalue weighted by Gasteiger charge is 2.26. The van der Waals surface area contributed by atoms with Gasteiger partial charge in [-0.15, -0.1) is 0 Å². The van der Waals surface area contributed by atoms with Crippen molar-refractivity contribution in [2.24, 2.45) is 11.8 Å². The Balaban J connectivity index is 1.50. The van der Waals surface area contributed by atoms with Crippen molar-refractivity contribution in [1.29, 1.82) is 0 Å². The summed E-state index contributed by atoms with van der Waals surface area (Å²) in [7, 11) is 0. The van der Waals surface area contributed by atoms with Gasteiger partial charge >= 0.3 is 0 Å². The van der Waals surface area contributed by atoms with Crippen LogP contribution in [0.4, 0.5) is 0 Å². The third-order valence-corrected chi connectivity index (χ3v) is 5.43. The Morgan fingerprint density at radius 3 is 2.81 bits per heavy atom. The van der Waals surface area contributed by atoms with Gasteiger partial charge in [0.1, 0.15) is 0 Å². The normalized spacial score (nSPS) is 27.9. The van der Waals surface area contributed by atoms with Crippen molar-refractivity contribution < 1.29 is 4.52 Å². The molecule has 1 saturated heterocycles. The smallest absolute Gasteiger partial charge is 0.226 e. The lowest BCUT2D eigenvalue weighted by Gasteiger charge is -2.26. The number of nitrogens with one attached hydrogen (secondary N) is 1. The summed E-state index contributed by atoms with van der Waals surface area (Å²) in [5.74, 6) is 4.08. The minimum atomic E-state index is 0.542. The molecular weight excluding hydrogens is 262 g/mol. The first-order valence-corrected chi connectivity index (χ1v) is 8.88. The predicted molar refractivity (Wildman–Crippen MR) is 83.2 cm³/mol. The quantitative estimate of drug-likeness (QED) is 0.899. The molecule has 21 heavy (non-hydrogen) atoms. The summed E-state index contributed by atoms with van der Waals surface area (Å²) in [6.07, 6.45) is 11.2. The Bertz CT molecular complexity index is 425. The molecule has 1 aromatic heterocycles. The molecule has 0 spiro atoms. The number of aromatic nitrogens is 2. The van der Waals surface area contributed by atoms with Crippen molar-refractivity contribution in [3.05, 3.63) is 11.7 Å². The molecule has 1 saturated carbocycles. The van der Waals surface area contributed by atoms with Gasteiger partial charge in [-0.25, -0.2) is 0 Å². The third kappa shape index (κ3) is 4.06. The van der Waals surface area contributed by atoms with Gasteiger partial charge in [0.25, 0.3) is 0 Å². The van der Waals surface area contributed by atoms with Crippen molar-refractivity contribution >= 4 is 0 Å². The number of hydrogen-bond acceptors (Lipinski definition) is 4. The first-order valence-electron chi connectivity index (χ1n) is 8.88. The SMILES string of the molecule is CCC1CCCC(c2noc(CCC3CCNCC3)n2)C1. The maximum Gasteiger partial charge on any atom is 0.226 e. The fraction of sp³-hybridized carbons (Fsp3) is 0.882. The molecule has 1 aromatic rings. The highest BCUT2D eigenvalue weighted by atomic mass is 16.5. The monoisotopic (exact) mass is 291 g/mol. The molecule has 3 rings (SSSR count). The molecule has 0 aromatic carbocycles. The predicted octanol–water partition coefficient (Wildman–Crippen LogP) is 3.69. The molecule has 0 bridgehead atoms. The molecule has 2 unspecified atom stereocenters. The van der Waals surface area contributed by atoms with Crippen molar-refractivity contribution in [2.75, 3.05) is 13.1 Å². The summed E-state index contributed by atoms with van der Waals surface area (Å²) in [6, 6.07) is 0. The zero-order valence-corrected chi connectivity index (χ0v) is 13.3. The van der Waals surface area contributed by atoms with Crippen LogP contribution >= 0.6 is 0 Å². The Labute approximate surface area is 128 Å². The number of piperidine rings is 1. The highest BCUT2D eigenvalue weighted by Crippen LogP contribution is 2.36. The van der Waals surface area contributed by atoms with E-state index >= 15 is 0 Å². The fourth-order valence-corrected chi connectivity index (χ4v) is 3.93. The van der Waals surface area contributed by atoms with Crippen molar-refractivity contribution in [1.82, 2.24) is 15.5 Å². The molecule has 2 atom stereocenters. The van der Waals surface area contributed by atoms with Crippen LogP contribution in [-0.4, -0.2) is 23.2 Å². The van der Waals surface area contributed by atoms with Crippen molar-refractivity contribution in [2.45, 2.75) is 70.6 Å². The molecule has 4 nitrogen and oxygen atoms in total. The summed E-state index contributed by atoms with van der Waals surface area (Å²) >= 11 is 0. The van der Waals surface area contributed by atoms with E-state index in [4.69, 9.17) is 9.51 Å². The van der Waals surface area contributed by atoms with Gasteiger partial charge in [-0.2, -0.15) is 4.98 Å². The van der Waals surface area contributed by atoms with Crippen LogP contribution in [0.5, 0.6) is 0 Å². The van der Waals surface area contributed by atoms with Crippen molar-refractivity contribution in [3.63, 3.8) is 0 Å². The average molecular weight is 291 g/mol. The van der Waals surface area contributed by atoms with E-state index in [1.54, 1.807) is 0 Å². The first-order chi connectivity index (χ1) is 10.3. The Morgan fingerprint density at radius 1 is 1.14 bits per heavy atom. The molecule has 2 fully saturated rings. The van der Waals surface area contributed by atoms with Gasteiger partial charge in [-0.1, -0.05) is 31.3 Å².